The first kappa shape index (κ1) is 18.6. The number of carbonyl (C=O) groups is 1. The highest BCUT2D eigenvalue weighted by Gasteiger charge is 2.58. The van der Waals surface area contributed by atoms with Crippen molar-refractivity contribution < 1.29 is 32.9 Å². The molecular weight excluding hydrogens is 370 g/mol. The van der Waals surface area contributed by atoms with Gasteiger partial charge in [0.1, 0.15) is 23.1 Å². The number of fused-ring (bicyclic) bond motifs is 2. The second-order valence-electron chi connectivity index (χ2n) is 7.18. The van der Waals surface area contributed by atoms with Gasteiger partial charge in [0.25, 0.3) is 0 Å². The summed E-state index contributed by atoms with van der Waals surface area (Å²) in [5.74, 6) is 0.395. The normalized spacial score (nSPS) is 28.4. The van der Waals surface area contributed by atoms with Gasteiger partial charge in [0, 0.05) is 25.6 Å². The third kappa shape index (κ3) is 3.06. The van der Waals surface area contributed by atoms with Crippen LogP contribution in [0.2, 0.25) is 0 Å². The molecule has 2 aliphatic heterocycles. The predicted molar refractivity (Wildman–Crippen MR) is 97.5 cm³/mol. The maximum Gasteiger partial charge on any atom is 0.509 e. The van der Waals surface area contributed by atoms with Crippen LogP contribution < -0.4 is 15.7 Å². The van der Waals surface area contributed by atoms with Crippen molar-refractivity contribution in [2.75, 3.05) is 19.5 Å². The van der Waals surface area contributed by atoms with Gasteiger partial charge in [0.2, 0.25) is 12.4 Å². The lowest BCUT2D eigenvalue weighted by atomic mass is 9.89. The molecule has 1 aromatic carbocycles. The van der Waals surface area contributed by atoms with E-state index in [9.17, 15) is 9.59 Å². The van der Waals surface area contributed by atoms with Crippen molar-refractivity contribution in [1.82, 2.24) is 0 Å². The minimum atomic E-state index is -0.918. The number of rotatable bonds is 4. The Labute approximate surface area is 160 Å². The van der Waals surface area contributed by atoms with Crippen molar-refractivity contribution in [2.45, 2.75) is 44.1 Å². The zero-order valence-corrected chi connectivity index (χ0v) is 15.9. The van der Waals surface area contributed by atoms with Crippen molar-refractivity contribution >= 4 is 22.8 Å². The standard InChI is InChI=1S/C19H21NO8/c1-19(2)15(23-4)13-14(27-18(22)26-13)17(28-19)24-10-6-5-9-7-11(20-3)16(21)25-12(9)8-10/h5-8,13-15,17,20H,1-4H3/t13?,14?,15-,17?/m1/s1. The molecule has 2 aromatic rings. The molecule has 0 spiro atoms. The molecule has 2 aliphatic rings. The number of carbonyl (C=O) groups excluding carboxylic acids is 1. The zero-order valence-electron chi connectivity index (χ0n) is 15.9. The lowest BCUT2D eigenvalue weighted by Gasteiger charge is -2.45. The molecule has 0 saturated carbocycles. The number of hydrogen-bond acceptors (Lipinski definition) is 9. The topological polar surface area (TPSA) is 105 Å². The van der Waals surface area contributed by atoms with Gasteiger partial charge in [-0.3, -0.25) is 0 Å². The average molecular weight is 391 g/mol. The van der Waals surface area contributed by atoms with Gasteiger partial charge in [0.05, 0.1) is 5.60 Å². The first-order valence-corrected chi connectivity index (χ1v) is 8.82. The van der Waals surface area contributed by atoms with Crippen LogP contribution in [0.3, 0.4) is 0 Å². The fourth-order valence-corrected chi connectivity index (χ4v) is 3.64. The molecule has 1 aromatic heterocycles. The van der Waals surface area contributed by atoms with Gasteiger partial charge in [-0.05, 0) is 32.0 Å². The van der Waals surface area contributed by atoms with Crippen LogP contribution in [0, 0.1) is 0 Å². The molecule has 4 atom stereocenters. The second-order valence-corrected chi connectivity index (χ2v) is 7.18. The molecule has 3 unspecified atom stereocenters. The Hall–Kier alpha value is -2.78. The van der Waals surface area contributed by atoms with E-state index in [1.165, 1.54) is 7.11 Å². The maximum absolute atomic E-state index is 11.9. The van der Waals surface area contributed by atoms with E-state index in [0.29, 0.717) is 17.0 Å². The summed E-state index contributed by atoms with van der Waals surface area (Å²) in [4.78, 5) is 23.6. The van der Waals surface area contributed by atoms with E-state index in [1.54, 1.807) is 31.3 Å². The quantitative estimate of drug-likeness (QED) is 0.620. The van der Waals surface area contributed by atoms with Crippen LogP contribution in [-0.2, 0) is 18.9 Å². The van der Waals surface area contributed by atoms with Crippen molar-refractivity contribution in [3.8, 4) is 5.75 Å². The fourth-order valence-electron chi connectivity index (χ4n) is 3.64. The molecule has 0 aliphatic carbocycles. The number of ether oxygens (including phenoxy) is 5. The zero-order chi connectivity index (χ0) is 20.1. The van der Waals surface area contributed by atoms with E-state index >= 15 is 0 Å². The summed E-state index contributed by atoms with van der Waals surface area (Å²) in [6.45, 7) is 3.64. The molecule has 2 fully saturated rings. The van der Waals surface area contributed by atoms with Crippen LogP contribution in [-0.4, -0.2) is 50.5 Å². The molecule has 150 valence electrons. The largest absolute Gasteiger partial charge is 0.509 e. The summed E-state index contributed by atoms with van der Waals surface area (Å²) in [6.07, 6.45) is -3.68. The highest BCUT2D eigenvalue weighted by molar-refractivity contribution is 5.80. The molecule has 28 heavy (non-hydrogen) atoms. The van der Waals surface area contributed by atoms with E-state index in [0.717, 1.165) is 5.39 Å². The number of benzene rings is 1. The summed E-state index contributed by atoms with van der Waals surface area (Å²) >= 11 is 0. The number of anilines is 1. The summed E-state index contributed by atoms with van der Waals surface area (Å²) in [6, 6.07) is 6.75. The molecule has 3 heterocycles. The Bertz CT molecular complexity index is 968. The molecule has 9 nitrogen and oxygen atoms in total. The van der Waals surface area contributed by atoms with Gasteiger partial charge in [-0.15, -0.1) is 0 Å². The van der Waals surface area contributed by atoms with Crippen molar-refractivity contribution in [3.05, 3.63) is 34.7 Å². The Morgan fingerprint density at radius 3 is 2.57 bits per heavy atom. The summed E-state index contributed by atoms with van der Waals surface area (Å²) < 4.78 is 33.2. The van der Waals surface area contributed by atoms with Gasteiger partial charge in [-0.1, -0.05) is 0 Å². The fraction of sp³-hybridized carbons (Fsp3) is 0.474. The maximum atomic E-state index is 11.9. The van der Waals surface area contributed by atoms with Crippen LogP contribution in [0.15, 0.2) is 33.5 Å². The molecule has 0 bridgehead atoms. The Kier molecular flexibility index (Phi) is 4.43. The van der Waals surface area contributed by atoms with E-state index in [4.69, 9.17) is 28.1 Å². The molecule has 9 heteroatoms. The minimum Gasteiger partial charge on any atom is -0.461 e. The second kappa shape index (κ2) is 6.68. The number of nitrogens with one attached hydrogen (secondary N) is 1. The first-order valence-electron chi connectivity index (χ1n) is 8.82. The van der Waals surface area contributed by atoms with Crippen LogP contribution >= 0.6 is 0 Å². The predicted octanol–water partition coefficient (Wildman–Crippen LogP) is 2.27. The van der Waals surface area contributed by atoms with E-state index in [-0.39, 0.29) is 0 Å². The molecule has 1 N–H and O–H groups in total. The van der Waals surface area contributed by atoms with Gasteiger partial charge in [0.15, 0.2) is 6.10 Å². The van der Waals surface area contributed by atoms with Crippen LogP contribution in [0.4, 0.5) is 10.5 Å². The van der Waals surface area contributed by atoms with E-state index in [2.05, 4.69) is 5.32 Å². The number of methoxy groups -OCH3 is 1. The average Bonchev–Trinajstić information content (AvgIpc) is 3.02. The Balaban J connectivity index is 1.64. The summed E-state index contributed by atoms with van der Waals surface area (Å²) in [5.41, 5.74) is -0.549. The molecule has 0 radical (unpaired) electrons. The SMILES string of the molecule is CNc1cc2ccc(OC3OC(C)(C)[C@H](OC)C4OC(=O)OC34)cc2oc1=O. The highest BCUT2D eigenvalue weighted by Crippen LogP contribution is 2.38. The van der Waals surface area contributed by atoms with Crippen LogP contribution in [0.1, 0.15) is 13.8 Å². The van der Waals surface area contributed by atoms with Gasteiger partial charge in [-0.2, -0.15) is 0 Å². The van der Waals surface area contributed by atoms with E-state index in [1.807, 2.05) is 13.8 Å². The highest BCUT2D eigenvalue weighted by atomic mass is 16.8. The van der Waals surface area contributed by atoms with Crippen molar-refractivity contribution in [3.63, 3.8) is 0 Å². The smallest absolute Gasteiger partial charge is 0.461 e. The molecular formula is C19H21NO8. The lowest BCUT2D eigenvalue weighted by molar-refractivity contribution is -0.282. The van der Waals surface area contributed by atoms with Gasteiger partial charge >= 0.3 is 11.8 Å². The molecule has 4 rings (SSSR count). The Morgan fingerprint density at radius 1 is 1.11 bits per heavy atom. The third-order valence-electron chi connectivity index (χ3n) is 4.94. The van der Waals surface area contributed by atoms with Gasteiger partial charge in [-0.25, -0.2) is 9.59 Å². The lowest BCUT2D eigenvalue weighted by Crippen LogP contribution is -2.62. The molecule has 0 amide bonds. The van der Waals surface area contributed by atoms with Crippen LogP contribution in [0.25, 0.3) is 11.0 Å². The summed E-state index contributed by atoms with van der Waals surface area (Å²) in [5, 5.41) is 3.51. The van der Waals surface area contributed by atoms with Crippen LogP contribution in [0.5, 0.6) is 5.75 Å². The van der Waals surface area contributed by atoms with Gasteiger partial charge < -0.3 is 33.4 Å². The monoisotopic (exact) mass is 391 g/mol. The summed E-state index contributed by atoms with van der Waals surface area (Å²) in [7, 11) is 3.16. The minimum absolute atomic E-state index is 0.363. The van der Waals surface area contributed by atoms with Crippen molar-refractivity contribution in [2.24, 2.45) is 0 Å². The third-order valence-corrected chi connectivity index (χ3v) is 4.94. The number of hydrogen-bond donors (Lipinski definition) is 1. The first-order chi connectivity index (χ1) is 13.3. The van der Waals surface area contributed by atoms with E-state index < -0.39 is 42.0 Å². The molecule has 2 saturated heterocycles. The Morgan fingerprint density at radius 2 is 1.86 bits per heavy atom. The van der Waals surface area contributed by atoms with Crippen molar-refractivity contribution in [1.29, 1.82) is 0 Å².